The highest BCUT2D eigenvalue weighted by molar-refractivity contribution is 7.18. The fourth-order valence-electron chi connectivity index (χ4n) is 2.28. The van der Waals surface area contributed by atoms with E-state index < -0.39 is 5.97 Å². The number of thiophene rings is 1. The van der Waals surface area contributed by atoms with Crippen molar-refractivity contribution in [2.24, 2.45) is 0 Å². The van der Waals surface area contributed by atoms with E-state index >= 15 is 0 Å². The minimum Gasteiger partial charge on any atom is -0.477 e. The standard InChI is InChI=1S/C14H19NO4S/c1-9-8-12(20-13(9)14(17)18)15-11(16)6-5-10-4-2-3-7-19-10/h8,10H,2-7H2,1H3,(H,15,16)(H,17,18). The Bertz CT molecular complexity index is 491. The summed E-state index contributed by atoms with van der Waals surface area (Å²) in [6.45, 7) is 2.52. The van der Waals surface area contributed by atoms with Gasteiger partial charge in [-0.1, -0.05) is 0 Å². The molecule has 110 valence electrons. The molecule has 2 rings (SSSR count). The van der Waals surface area contributed by atoms with E-state index in [1.54, 1.807) is 13.0 Å². The summed E-state index contributed by atoms with van der Waals surface area (Å²) < 4.78 is 5.58. The van der Waals surface area contributed by atoms with Gasteiger partial charge in [-0.05, 0) is 44.2 Å². The molecular weight excluding hydrogens is 278 g/mol. The van der Waals surface area contributed by atoms with E-state index in [9.17, 15) is 9.59 Å². The number of carboxylic acid groups (broad SMARTS) is 1. The molecule has 0 radical (unpaired) electrons. The lowest BCUT2D eigenvalue weighted by molar-refractivity contribution is -0.117. The van der Waals surface area contributed by atoms with Crippen LogP contribution in [0, 0.1) is 6.92 Å². The molecule has 1 unspecified atom stereocenters. The molecule has 1 saturated heterocycles. The first-order valence-electron chi connectivity index (χ1n) is 6.81. The van der Waals surface area contributed by atoms with Crippen molar-refractivity contribution in [3.05, 3.63) is 16.5 Å². The average Bonchev–Trinajstić information content (AvgIpc) is 2.78. The first kappa shape index (κ1) is 15.0. The van der Waals surface area contributed by atoms with Gasteiger partial charge in [-0.25, -0.2) is 4.79 Å². The summed E-state index contributed by atoms with van der Waals surface area (Å²) in [6, 6.07) is 1.70. The van der Waals surface area contributed by atoms with Crippen LogP contribution in [0.15, 0.2) is 6.07 Å². The lowest BCUT2D eigenvalue weighted by Gasteiger charge is -2.22. The molecule has 1 atom stereocenters. The number of nitrogens with one attached hydrogen (secondary N) is 1. The highest BCUT2D eigenvalue weighted by atomic mass is 32.1. The number of rotatable bonds is 5. The van der Waals surface area contributed by atoms with Crippen LogP contribution in [0.1, 0.15) is 47.3 Å². The number of anilines is 1. The van der Waals surface area contributed by atoms with Crippen molar-refractivity contribution < 1.29 is 19.4 Å². The van der Waals surface area contributed by atoms with Gasteiger partial charge in [-0.2, -0.15) is 0 Å². The van der Waals surface area contributed by atoms with Gasteiger partial charge in [0.25, 0.3) is 0 Å². The number of carboxylic acids is 1. The van der Waals surface area contributed by atoms with E-state index in [2.05, 4.69) is 5.32 Å². The summed E-state index contributed by atoms with van der Waals surface area (Å²) in [7, 11) is 0. The molecule has 0 saturated carbocycles. The summed E-state index contributed by atoms with van der Waals surface area (Å²) in [6.07, 6.45) is 4.61. The van der Waals surface area contributed by atoms with Crippen LogP contribution in [0.3, 0.4) is 0 Å². The minimum absolute atomic E-state index is 0.0858. The molecule has 1 aliphatic rings. The molecule has 0 spiro atoms. The minimum atomic E-state index is -0.955. The first-order valence-corrected chi connectivity index (χ1v) is 7.63. The van der Waals surface area contributed by atoms with Gasteiger partial charge in [0.15, 0.2) is 0 Å². The summed E-state index contributed by atoms with van der Waals surface area (Å²) >= 11 is 1.09. The van der Waals surface area contributed by atoms with Crippen molar-refractivity contribution >= 4 is 28.2 Å². The Labute approximate surface area is 121 Å². The predicted molar refractivity (Wildman–Crippen MR) is 77.5 cm³/mol. The zero-order valence-electron chi connectivity index (χ0n) is 11.5. The Morgan fingerprint density at radius 3 is 2.90 bits per heavy atom. The average molecular weight is 297 g/mol. The second kappa shape index (κ2) is 6.85. The van der Waals surface area contributed by atoms with Crippen molar-refractivity contribution in [2.45, 2.75) is 45.1 Å². The number of ether oxygens (including phenoxy) is 1. The maximum Gasteiger partial charge on any atom is 0.346 e. The van der Waals surface area contributed by atoms with Crippen molar-refractivity contribution in [2.75, 3.05) is 11.9 Å². The van der Waals surface area contributed by atoms with Crippen LogP contribution < -0.4 is 5.32 Å². The van der Waals surface area contributed by atoms with Crippen LogP contribution in [-0.2, 0) is 9.53 Å². The summed E-state index contributed by atoms with van der Waals surface area (Å²) in [5.74, 6) is -1.04. The Hall–Kier alpha value is -1.40. The molecule has 0 bridgehead atoms. The molecule has 1 aromatic rings. The largest absolute Gasteiger partial charge is 0.477 e. The Morgan fingerprint density at radius 2 is 2.30 bits per heavy atom. The lowest BCUT2D eigenvalue weighted by atomic mass is 10.0. The van der Waals surface area contributed by atoms with Gasteiger partial charge in [0.2, 0.25) is 5.91 Å². The molecule has 1 aliphatic heterocycles. The van der Waals surface area contributed by atoms with Crippen LogP contribution >= 0.6 is 11.3 Å². The molecule has 0 aromatic carbocycles. The van der Waals surface area contributed by atoms with Gasteiger partial charge < -0.3 is 15.2 Å². The number of aryl methyl sites for hydroxylation is 1. The van der Waals surface area contributed by atoms with Gasteiger partial charge >= 0.3 is 5.97 Å². The van der Waals surface area contributed by atoms with Crippen molar-refractivity contribution in [1.29, 1.82) is 0 Å². The van der Waals surface area contributed by atoms with Crippen molar-refractivity contribution in [3.63, 3.8) is 0 Å². The third kappa shape index (κ3) is 4.05. The summed E-state index contributed by atoms with van der Waals surface area (Å²) in [4.78, 5) is 23.0. The second-order valence-corrected chi connectivity index (χ2v) is 6.06. The molecule has 1 amide bonds. The molecular formula is C14H19NO4S. The molecule has 20 heavy (non-hydrogen) atoms. The maximum absolute atomic E-state index is 11.8. The Balaban J connectivity index is 1.81. The van der Waals surface area contributed by atoms with E-state index in [0.29, 0.717) is 17.0 Å². The van der Waals surface area contributed by atoms with E-state index in [-0.39, 0.29) is 16.9 Å². The number of aromatic carboxylic acids is 1. The van der Waals surface area contributed by atoms with Crippen LogP contribution in [0.25, 0.3) is 0 Å². The highest BCUT2D eigenvalue weighted by Crippen LogP contribution is 2.27. The van der Waals surface area contributed by atoms with Gasteiger partial charge in [0.05, 0.1) is 11.1 Å². The number of carbonyl (C=O) groups is 2. The Morgan fingerprint density at radius 1 is 1.50 bits per heavy atom. The lowest BCUT2D eigenvalue weighted by Crippen LogP contribution is -2.21. The third-order valence-electron chi connectivity index (χ3n) is 3.34. The number of amides is 1. The van der Waals surface area contributed by atoms with Gasteiger partial charge in [-0.15, -0.1) is 11.3 Å². The third-order valence-corrected chi connectivity index (χ3v) is 4.48. The number of hydrogen-bond donors (Lipinski definition) is 2. The van der Waals surface area contributed by atoms with E-state index in [4.69, 9.17) is 9.84 Å². The molecule has 6 heteroatoms. The van der Waals surface area contributed by atoms with Crippen LogP contribution in [0.5, 0.6) is 0 Å². The van der Waals surface area contributed by atoms with Crippen LogP contribution in [0.4, 0.5) is 5.00 Å². The zero-order chi connectivity index (χ0) is 14.5. The highest BCUT2D eigenvalue weighted by Gasteiger charge is 2.17. The van der Waals surface area contributed by atoms with Gasteiger partial charge in [-0.3, -0.25) is 4.79 Å². The Kier molecular flexibility index (Phi) is 5.14. The molecule has 1 fully saturated rings. The van der Waals surface area contributed by atoms with E-state index in [0.717, 1.165) is 37.2 Å². The van der Waals surface area contributed by atoms with Crippen LogP contribution in [0.2, 0.25) is 0 Å². The topological polar surface area (TPSA) is 75.6 Å². The zero-order valence-corrected chi connectivity index (χ0v) is 12.3. The number of carbonyl (C=O) groups excluding carboxylic acids is 1. The quantitative estimate of drug-likeness (QED) is 0.876. The molecule has 2 N–H and O–H groups in total. The van der Waals surface area contributed by atoms with E-state index in [1.807, 2.05) is 0 Å². The molecule has 0 aliphatic carbocycles. The number of hydrogen-bond acceptors (Lipinski definition) is 4. The van der Waals surface area contributed by atoms with E-state index in [1.165, 1.54) is 6.42 Å². The molecule has 5 nitrogen and oxygen atoms in total. The fourth-order valence-corrected chi connectivity index (χ4v) is 3.21. The van der Waals surface area contributed by atoms with Gasteiger partial charge in [0, 0.05) is 13.0 Å². The normalized spacial score (nSPS) is 18.8. The van der Waals surface area contributed by atoms with Crippen molar-refractivity contribution in [1.82, 2.24) is 0 Å². The smallest absolute Gasteiger partial charge is 0.346 e. The monoisotopic (exact) mass is 297 g/mol. The molecule has 1 aromatic heterocycles. The second-order valence-electron chi connectivity index (χ2n) is 5.00. The summed E-state index contributed by atoms with van der Waals surface area (Å²) in [5, 5.41) is 12.3. The first-order chi connectivity index (χ1) is 9.56. The maximum atomic E-state index is 11.8. The SMILES string of the molecule is Cc1cc(NC(=O)CCC2CCCCO2)sc1C(=O)O. The molecule has 2 heterocycles. The summed E-state index contributed by atoms with van der Waals surface area (Å²) in [5.41, 5.74) is 0.674. The van der Waals surface area contributed by atoms with Crippen molar-refractivity contribution in [3.8, 4) is 0 Å². The fraction of sp³-hybridized carbons (Fsp3) is 0.571. The van der Waals surface area contributed by atoms with Crippen LogP contribution in [-0.4, -0.2) is 29.7 Å². The predicted octanol–water partition coefficient (Wildman–Crippen LogP) is 3.04. The van der Waals surface area contributed by atoms with Gasteiger partial charge in [0.1, 0.15) is 4.88 Å².